The Kier molecular flexibility index (Phi) is 2.99. The SMILES string of the molecule is COc1cccc(C2=CCNC[C@@H]2O)n1. The molecule has 4 heteroatoms. The Labute approximate surface area is 88.6 Å². The van der Waals surface area contributed by atoms with Crippen LogP contribution in [-0.4, -0.2) is 36.4 Å². The van der Waals surface area contributed by atoms with Crippen molar-refractivity contribution in [3.8, 4) is 5.88 Å². The number of aromatic nitrogens is 1. The molecule has 1 atom stereocenters. The predicted molar refractivity (Wildman–Crippen MR) is 57.6 cm³/mol. The molecule has 4 nitrogen and oxygen atoms in total. The third-order valence-electron chi connectivity index (χ3n) is 2.39. The second-order valence-corrected chi connectivity index (χ2v) is 3.40. The van der Waals surface area contributed by atoms with E-state index < -0.39 is 6.10 Å². The van der Waals surface area contributed by atoms with Crippen molar-refractivity contribution in [1.82, 2.24) is 10.3 Å². The van der Waals surface area contributed by atoms with Crippen LogP contribution in [0.4, 0.5) is 0 Å². The zero-order chi connectivity index (χ0) is 10.7. The quantitative estimate of drug-likeness (QED) is 0.737. The van der Waals surface area contributed by atoms with Crippen molar-refractivity contribution < 1.29 is 9.84 Å². The van der Waals surface area contributed by atoms with Gasteiger partial charge in [0.25, 0.3) is 0 Å². The molecule has 80 valence electrons. The molecule has 2 heterocycles. The molecular formula is C11H14N2O2. The van der Waals surface area contributed by atoms with Gasteiger partial charge in [0.15, 0.2) is 0 Å². The molecule has 2 rings (SSSR count). The van der Waals surface area contributed by atoms with Gasteiger partial charge in [-0.2, -0.15) is 0 Å². The van der Waals surface area contributed by atoms with E-state index in [0.29, 0.717) is 12.4 Å². The fourth-order valence-corrected chi connectivity index (χ4v) is 1.61. The number of hydrogen-bond donors (Lipinski definition) is 2. The first kappa shape index (κ1) is 10.1. The van der Waals surface area contributed by atoms with E-state index in [1.807, 2.05) is 18.2 Å². The highest BCUT2D eigenvalue weighted by molar-refractivity contribution is 5.67. The van der Waals surface area contributed by atoms with E-state index in [0.717, 1.165) is 17.8 Å². The first-order chi connectivity index (χ1) is 7.31. The first-order valence-corrected chi connectivity index (χ1v) is 4.91. The van der Waals surface area contributed by atoms with Crippen LogP contribution in [0.1, 0.15) is 5.69 Å². The number of pyridine rings is 1. The fraction of sp³-hybridized carbons (Fsp3) is 0.364. The van der Waals surface area contributed by atoms with Crippen LogP contribution in [0.25, 0.3) is 5.57 Å². The minimum Gasteiger partial charge on any atom is -0.481 e. The van der Waals surface area contributed by atoms with Gasteiger partial charge in [-0.15, -0.1) is 0 Å². The zero-order valence-corrected chi connectivity index (χ0v) is 8.60. The van der Waals surface area contributed by atoms with Gasteiger partial charge in [-0.25, -0.2) is 4.98 Å². The average Bonchev–Trinajstić information content (AvgIpc) is 2.30. The number of aliphatic hydroxyl groups is 1. The van der Waals surface area contributed by atoms with Gasteiger partial charge in [0.1, 0.15) is 0 Å². The molecule has 1 aromatic rings. The minimum absolute atomic E-state index is 0.488. The Morgan fingerprint density at radius 3 is 3.13 bits per heavy atom. The Morgan fingerprint density at radius 2 is 2.40 bits per heavy atom. The molecule has 0 fully saturated rings. The molecule has 0 amide bonds. The molecule has 2 N–H and O–H groups in total. The van der Waals surface area contributed by atoms with Gasteiger partial charge in [-0.3, -0.25) is 0 Å². The number of hydrogen-bond acceptors (Lipinski definition) is 4. The largest absolute Gasteiger partial charge is 0.481 e. The number of nitrogens with one attached hydrogen (secondary N) is 1. The molecule has 0 bridgehead atoms. The van der Waals surface area contributed by atoms with E-state index in [9.17, 15) is 5.11 Å². The van der Waals surface area contributed by atoms with Crippen molar-refractivity contribution in [2.75, 3.05) is 20.2 Å². The molecule has 1 aliphatic rings. The maximum atomic E-state index is 9.77. The average molecular weight is 206 g/mol. The summed E-state index contributed by atoms with van der Waals surface area (Å²) < 4.78 is 5.05. The summed E-state index contributed by atoms with van der Waals surface area (Å²) in [5.74, 6) is 0.569. The highest BCUT2D eigenvalue weighted by Gasteiger charge is 2.17. The van der Waals surface area contributed by atoms with Gasteiger partial charge < -0.3 is 15.2 Å². The van der Waals surface area contributed by atoms with Crippen LogP contribution >= 0.6 is 0 Å². The van der Waals surface area contributed by atoms with E-state index in [2.05, 4.69) is 10.3 Å². The summed E-state index contributed by atoms with van der Waals surface area (Å²) in [6, 6.07) is 5.54. The van der Waals surface area contributed by atoms with Crippen LogP contribution in [0.15, 0.2) is 24.3 Å². The molecule has 0 radical (unpaired) electrons. The molecule has 1 aromatic heterocycles. The minimum atomic E-state index is -0.488. The summed E-state index contributed by atoms with van der Waals surface area (Å²) in [4.78, 5) is 4.29. The topological polar surface area (TPSA) is 54.4 Å². The lowest BCUT2D eigenvalue weighted by Gasteiger charge is -2.20. The second-order valence-electron chi connectivity index (χ2n) is 3.40. The van der Waals surface area contributed by atoms with E-state index in [1.54, 1.807) is 13.2 Å². The molecule has 0 unspecified atom stereocenters. The van der Waals surface area contributed by atoms with Gasteiger partial charge in [0.2, 0.25) is 5.88 Å². The van der Waals surface area contributed by atoms with Crippen LogP contribution in [0.5, 0.6) is 5.88 Å². The van der Waals surface area contributed by atoms with Crippen molar-refractivity contribution in [2.45, 2.75) is 6.10 Å². The number of ether oxygens (including phenoxy) is 1. The summed E-state index contributed by atoms with van der Waals surface area (Å²) in [6.07, 6.45) is 1.47. The standard InChI is InChI=1S/C11H14N2O2/c1-15-11-4-2-3-9(13-11)8-5-6-12-7-10(8)14/h2-5,10,12,14H,6-7H2,1H3/t10-/m0/s1. The highest BCUT2D eigenvalue weighted by atomic mass is 16.5. The first-order valence-electron chi connectivity index (χ1n) is 4.91. The molecule has 15 heavy (non-hydrogen) atoms. The Morgan fingerprint density at radius 1 is 1.53 bits per heavy atom. The third kappa shape index (κ3) is 2.16. The number of rotatable bonds is 2. The van der Waals surface area contributed by atoms with Crippen molar-refractivity contribution in [3.63, 3.8) is 0 Å². The normalized spacial score (nSPS) is 20.9. The predicted octanol–water partition coefficient (Wildman–Crippen LogP) is 0.438. The van der Waals surface area contributed by atoms with Crippen LogP contribution in [0, 0.1) is 0 Å². The van der Waals surface area contributed by atoms with E-state index in [1.165, 1.54) is 0 Å². The number of aliphatic hydroxyl groups excluding tert-OH is 1. The molecule has 0 aliphatic carbocycles. The Hall–Kier alpha value is -1.39. The van der Waals surface area contributed by atoms with Crippen LogP contribution < -0.4 is 10.1 Å². The third-order valence-corrected chi connectivity index (χ3v) is 2.39. The van der Waals surface area contributed by atoms with Crippen LogP contribution in [0.2, 0.25) is 0 Å². The number of β-amino-alcohol motifs (C(OH)–C–C–N with tert-alkyl or cyclic N) is 1. The molecular weight excluding hydrogens is 192 g/mol. The molecule has 1 aliphatic heterocycles. The summed E-state index contributed by atoms with van der Waals surface area (Å²) >= 11 is 0. The van der Waals surface area contributed by atoms with Crippen molar-refractivity contribution in [2.24, 2.45) is 0 Å². The fourth-order valence-electron chi connectivity index (χ4n) is 1.61. The van der Waals surface area contributed by atoms with Gasteiger partial charge in [0, 0.05) is 24.7 Å². The summed E-state index contributed by atoms with van der Waals surface area (Å²) in [5, 5.41) is 12.9. The lowest BCUT2D eigenvalue weighted by Crippen LogP contribution is -2.32. The molecule has 0 spiro atoms. The van der Waals surface area contributed by atoms with Crippen LogP contribution in [0.3, 0.4) is 0 Å². The van der Waals surface area contributed by atoms with Crippen molar-refractivity contribution in [3.05, 3.63) is 30.0 Å². The molecule has 0 aromatic carbocycles. The Bertz CT molecular complexity index is 377. The molecule has 0 saturated heterocycles. The zero-order valence-electron chi connectivity index (χ0n) is 8.60. The lowest BCUT2D eigenvalue weighted by atomic mass is 10.0. The van der Waals surface area contributed by atoms with Gasteiger partial charge in [0.05, 0.1) is 18.9 Å². The summed E-state index contributed by atoms with van der Waals surface area (Å²) in [5.41, 5.74) is 1.65. The van der Waals surface area contributed by atoms with Crippen molar-refractivity contribution >= 4 is 5.57 Å². The maximum Gasteiger partial charge on any atom is 0.213 e. The monoisotopic (exact) mass is 206 g/mol. The smallest absolute Gasteiger partial charge is 0.213 e. The van der Waals surface area contributed by atoms with Crippen molar-refractivity contribution in [1.29, 1.82) is 0 Å². The van der Waals surface area contributed by atoms with Gasteiger partial charge in [-0.05, 0) is 6.07 Å². The van der Waals surface area contributed by atoms with E-state index >= 15 is 0 Å². The lowest BCUT2D eigenvalue weighted by molar-refractivity contribution is 0.224. The maximum absolute atomic E-state index is 9.77. The van der Waals surface area contributed by atoms with E-state index in [-0.39, 0.29) is 0 Å². The van der Waals surface area contributed by atoms with Crippen LogP contribution in [-0.2, 0) is 0 Å². The van der Waals surface area contributed by atoms with Gasteiger partial charge >= 0.3 is 0 Å². The Balaban J connectivity index is 2.31. The number of nitrogens with zero attached hydrogens (tertiary/aromatic N) is 1. The van der Waals surface area contributed by atoms with Gasteiger partial charge in [-0.1, -0.05) is 12.1 Å². The summed E-state index contributed by atoms with van der Waals surface area (Å²) in [7, 11) is 1.58. The highest BCUT2D eigenvalue weighted by Crippen LogP contribution is 2.20. The molecule has 0 saturated carbocycles. The second kappa shape index (κ2) is 4.42. The summed E-state index contributed by atoms with van der Waals surface area (Å²) in [6.45, 7) is 1.34. The number of methoxy groups -OCH3 is 1. The van der Waals surface area contributed by atoms with E-state index in [4.69, 9.17) is 4.74 Å².